The number of pyridine rings is 2. The summed E-state index contributed by atoms with van der Waals surface area (Å²) >= 11 is 0. The molecule has 8 nitrogen and oxygen atoms in total. The standard InChI is InChI=1S/C24H26N4O4/c1-2-3-14-31-24(30)27-16-19-11-13-25-21(15-19)28-23(29)22-20(10-7-12-26-22)32-17-18-8-5-4-6-9-18/h4-13,15H,2-3,14,16-17H2,1H3,(H,27,30)(H,25,28,29). The summed E-state index contributed by atoms with van der Waals surface area (Å²) in [6, 6.07) is 16.5. The van der Waals surface area contributed by atoms with Crippen LogP contribution in [-0.2, 0) is 17.9 Å². The lowest BCUT2D eigenvalue weighted by Crippen LogP contribution is -2.24. The first-order chi connectivity index (χ1) is 15.7. The van der Waals surface area contributed by atoms with Crippen molar-refractivity contribution < 1.29 is 19.1 Å². The quantitative estimate of drug-likeness (QED) is 0.460. The fourth-order valence-electron chi connectivity index (χ4n) is 2.78. The van der Waals surface area contributed by atoms with Crippen LogP contribution in [0.5, 0.6) is 5.75 Å². The Morgan fingerprint density at radius 2 is 1.81 bits per heavy atom. The summed E-state index contributed by atoms with van der Waals surface area (Å²) in [7, 11) is 0. The van der Waals surface area contributed by atoms with Crippen LogP contribution < -0.4 is 15.4 Å². The minimum absolute atomic E-state index is 0.160. The summed E-state index contributed by atoms with van der Waals surface area (Å²) in [6.07, 6.45) is 4.39. The van der Waals surface area contributed by atoms with Crippen LogP contribution in [0.4, 0.5) is 10.6 Å². The van der Waals surface area contributed by atoms with E-state index in [4.69, 9.17) is 9.47 Å². The third kappa shape index (κ3) is 7.09. The molecule has 0 aliphatic carbocycles. The van der Waals surface area contributed by atoms with E-state index in [2.05, 4.69) is 20.6 Å². The van der Waals surface area contributed by atoms with Crippen LogP contribution in [0.15, 0.2) is 67.0 Å². The highest BCUT2D eigenvalue weighted by molar-refractivity contribution is 6.04. The molecule has 8 heteroatoms. The van der Waals surface area contributed by atoms with Crippen molar-refractivity contribution in [3.63, 3.8) is 0 Å². The van der Waals surface area contributed by atoms with E-state index >= 15 is 0 Å². The molecule has 2 heterocycles. The van der Waals surface area contributed by atoms with E-state index in [9.17, 15) is 9.59 Å². The van der Waals surface area contributed by atoms with Gasteiger partial charge in [-0.2, -0.15) is 0 Å². The number of nitrogens with zero attached hydrogens (tertiary/aromatic N) is 2. The Balaban J connectivity index is 1.59. The van der Waals surface area contributed by atoms with Crippen LogP contribution in [-0.4, -0.2) is 28.6 Å². The molecule has 2 aromatic heterocycles. The van der Waals surface area contributed by atoms with Gasteiger partial charge in [-0.3, -0.25) is 4.79 Å². The van der Waals surface area contributed by atoms with Crippen molar-refractivity contribution in [1.29, 1.82) is 0 Å². The maximum absolute atomic E-state index is 12.8. The molecule has 0 atom stereocenters. The number of unbranched alkanes of at least 4 members (excludes halogenated alkanes) is 1. The van der Waals surface area contributed by atoms with Crippen LogP contribution in [0, 0.1) is 0 Å². The number of alkyl carbamates (subject to hydrolysis) is 1. The van der Waals surface area contributed by atoms with E-state index in [-0.39, 0.29) is 12.2 Å². The highest BCUT2D eigenvalue weighted by atomic mass is 16.5. The number of ether oxygens (including phenoxy) is 2. The second-order valence-electron chi connectivity index (χ2n) is 6.97. The molecule has 1 aromatic carbocycles. The molecule has 0 bridgehead atoms. The van der Waals surface area contributed by atoms with Crippen molar-refractivity contribution in [1.82, 2.24) is 15.3 Å². The zero-order valence-electron chi connectivity index (χ0n) is 17.9. The first-order valence-corrected chi connectivity index (χ1v) is 10.4. The molecule has 2 amide bonds. The molecule has 0 aliphatic rings. The Bertz CT molecular complexity index is 1030. The van der Waals surface area contributed by atoms with Crippen molar-refractivity contribution in [2.24, 2.45) is 0 Å². The largest absolute Gasteiger partial charge is 0.486 e. The number of carbonyl (C=O) groups is 2. The van der Waals surface area contributed by atoms with Gasteiger partial charge in [0, 0.05) is 18.9 Å². The second-order valence-corrected chi connectivity index (χ2v) is 6.97. The summed E-state index contributed by atoms with van der Waals surface area (Å²) in [5, 5.41) is 5.41. The second kappa shape index (κ2) is 12.0. The number of rotatable bonds is 10. The van der Waals surface area contributed by atoms with E-state index in [1.165, 1.54) is 6.20 Å². The summed E-state index contributed by atoms with van der Waals surface area (Å²) < 4.78 is 10.9. The zero-order chi connectivity index (χ0) is 22.6. The summed E-state index contributed by atoms with van der Waals surface area (Å²) in [6.45, 7) is 2.99. The van der Waals surface area contributed by atoms with Gasteiger partial charge in [0.05, 0.1) is 6.61 Å². The van der Waals surface area contributed by atoms with Crippen molar-refractivity contribution in [2.75, 3.05) is 11.9 Å². The molecule has 3 aromatic rings. The molecule has 32 heavy (non-hydrogen) atoms. The Morgan fingerprint density at radius 1 is 0.969 bits per heavy atom. The molecular weight excluding hydrogens is 408 g/mol. The van der Waals surface area contributed by atoms with Gasteiger partial charge in [-0.15, -0.1) is 0 Å². The Hall–Kier alpha value is -3.94. The van der Waals surface area contributed by atoms with Gasteiger partial charge in [-0.1, -0.05) is 43.7 Å². The van der Waals surface area contributed by atoms with E-state index in [0.717, 1.165) is 24.0 Å². The molecule has 0 radical (unpaired) electrons. The average Bonchev–Trinajstić information content (AvgIpc) is 2.83. The summed E-state index contributed by atoms with van der Waals surface area (Å²) in [5.41, 5.74) is 1.91. The minimum atomic E-state index is -0.477. The number of nitrogens with one attached hydrogen (secondary N) is 2. The molecule has 166 valence electrons. The Morgan fingerprint density at radius 3 is 2.62 bits per heavy atom. The van der Waals surface area contributed by atoms with Gasteiger partial charge in [0.25, 0.3) is 5.91 Å². The number of anilines is 1. The van der Waals surface area contributed by atoms with Crippen molar-refractivity contribution in [3.05, 3.63) is 83.8 Å². The summed E-state index contributed by atoms with van der Waals surface area (Å²) in [4.78, 5) is 32.8. The predicted octanol–water partition coefficient (Wildman–Crippen LogP) is 4.33. The van der Waals surface area contributed by atoms with Crippen LogP contribution in [0.25, 0.3) is 0 Å². The van der Waals surface area contributed by atoms with E-state index in [1.54, 1.807) is 30.5 Å². The number of carbonyl (C=O) groups excluding carboxylic acids is 2. The van der Waals surface area contributed by atoms with Crippen LogP contribution in [0.3, 0.4) is 0 Å². The van der Waals surface area contributed by atoms with Crippen LogP contribution in [0.2, 0.25) is 0 Å². The molecule has 0 fully saturated rings. The number of amides is 2. The third-order valence-electron chi connectivity index (χ3n) is 4.46. The molecule has 0 aliphatic heterocycles. The Labute approximate surface area is 187 Å². The lowest BCUT2D eigenvalue weighted by Gasteiger charge is -2.11. The highest BCUT2D eigenvalue weighted by Gasteiger charge is 2.15. The van der Waals surface area contributed by atoms with E-state index < -0.39 is 12.0 Å². The van der Waals surface area contributed by atoms with Gasteiger partial charge in [0.1, 0.15) is 12.4 Å². The fraction of sp³-hybridized carbons (Fsp3) is 0.250. The van der Waals surface area contributed by atoms with Crippen molar-refractivity contribution in [3.8, 4) is 5.75 Å². The highest BCUT2D eigenvalue weighted by Crippen LogP contribution is 2.19. The molecule has 0 saturated carbocycles. The molecule has 2 N–H and O–H groups in total. The molecule has 0 saturated heterocycles. The number of hydrogen-bond donors (Lipinski definition) is 2. The number of hydrogen-bond acceptors (Lipinski definition) is 6. The Kier molecular flexibility index (Phi) is 8.56. The number of aromatic nitrogens is 2. The van der Waals surface area contributed by atoms with Crippen LogP contribution >= 0.6 is 0 Å². The SMILES string of the molecule is CCCCOC(=O)NCc1ccnc(NC(=O)c2ncccc2OCc2ccccc2)c1. The first kappa shape index (κ1) is 22.7. The molecule has 0 unspecified atom stereocenters. The predicted molar refractivity (Wildman–Crippen MR) is 120 cm³/mol. The smallest absolute Gasteiger partial charge is 0.407 e. The lowest BCUT2D eigenvalue weighted by atomic mass is 10.2. The van der Waals surface area contributed by atoms with Crippen molar-refractivity contribution in [2.45, 2.75) is 32.9 Å². The molecular formula is C24H26N4O4. The van der Waals surface area contributed by atoms with Gasteiger partial charge >= 0.3 is 6.09 Å². The molecule has 0 spiro atoms. The topological polar surface area (TPSA) is 102 Å². The van der Waals surface area contributed by atoms with Gasteiger partial charge in [-0.25, -0.2) is 14.8 Å². The van der Waals surface area contributed by atoms with Gasteiger partial charge in [-0.05, 0) is 41.8 Å². The van der Waals surface area contributed by atoms with E-state index in [1.807, 2.05) is 37.3 Å². The maximum Gasteiger partial charge on any atom is 0.407 e. The van der Waals surface area contributed by atoms with Crippen LogP contribution in [0.1, 0.15) is 41.4 Å². The van der Waals surface area contributed by atoms with Gasteiger partial charge in [0.15, 0.2) is 11.4 Å². The normalized spacial score (nSPS) is 10.3. The van der Waals surface area contributed by atoms with Crippen molar-refractivity contribution >= 4 is 17.8 Å². The summed E-state index contributed by atoms with van der Waals surface area (Å²) in [5.74, 6) is 0.278. The van der Waals surface area contributed by atoms with Gasteiger partial charge < -0.3 is 20.1 Å². The molecule has 3 rings (SSSR count). The zero-order valence-corrected chi connectivity index (χ0v) is 17.9. The minimum Gasteiger partial charge on any atom is -0.486 e. The lowest BCUT2D eigenvalue weighted by molar-refractivity contribution is 0.101. The third-order valence-corrected chi connectivity index (χ3v) is 4.46. The fourth-order valence-corrected chi connectivity index (χ4v) is 2.78. The first-order valence-electron chi connectivity index (χ1n) is 10.4. The number of benzene rings is 1. The monoisotopic (exact) mass is 434 g/mol. The van der Waals surface area contributed by atoms with E-state index in [0.29, 0.717) is 24.8 Å². The average molecular weight is 434 g/mol. The maximum atomic E-state index is 12.8. The van der Waals surface area contributed by atoms with Gasteiger partial charge in [0.2, 0.25) is 0 Å².